The lowest BCUT2D eigenvalue weighted by Gasteiger charge is -2.33. The molecule has 1 aliphatic heterocycles. The molecule has 0 radical (unpaired) electrons. The first-order chi connectivity index (χ1) is 10.2. The van der Waals surface area contributed by atoms with Gasteiger partial charge in [0.2, 0.25) is 5.91 Å². The molecule has 0 spiro atoms. The molecule has 21 heavy (non-hydrogen) atoms. The summed E-state index contributed by atoms with van der Waals surface area (Å²) in [6, 6.07) is 0. The molecular weight excluding hydrogens is 264 g/mol. The number of hydrogen-bond donors (Lipinski definition) is 1. The number of carbonyl (C=O) groups is 2. The predicted molar refractivity (Wildman–Crippen MR) is 81.7 cm³/mol. The van der Waals surface area contributed by atoms with E-state index in [4.69, 9.17) is 0 Å². The molecule has 1 unspecified atom stereocenters. The average molecular weight is 284 g/mol. The second-order valence-electron chi connectivity index (χ2n) is 5.78. The van der Waals surface area contributed by atoms with Crippen molar-refractivity contribution in [1.29, 1.82) is 0 Å². The van der Waals surface area contributed by atoms with Gasteiger partial charge in [0.05, 0.1) is 5.71 Å². The number of rotatable bonds is 2. The van der Waals surface area contributed by atoms with E-state index in [1.54, 1.807) is 0 Å². The molecule has 2 aliphatic carbocycles. The van der Waals surface area contributed by atoms with Crippen molar-refractivity contribution in [2.45, 2.75) is 45.4 Å². The summed E-state index contributed by atoms with van der Waals surface area (Å²) in [6.45, 7) is 1.96. The van der Waals surface area contributed by atoms with Gasteiger partial charge in [0, 0.05) is 23.6 Å². The maximum Gasteiger partial charge on any atom is 0.251 e. The number of amides is 2. The zero-order valence-electron chi connectivity index (χ0n) is 12.3. The molecule has 1 atom stereocenters. The Morgan fingerprint density at radius 1 is 1.38 bits per heavy atom. The van der Waals surface area contributed by atoms with Crippen LogP contribution in [0.15, 0.2) is 40.1 Å². The lowest BCUT2D eigenvalue weighted by molar-refractivity contribution is -0.118. The molecule has 0 aromatic carbocycles. The van der Waals surface area contributed by atoms with Crippen LogP contribution in [-0.2, 0) is 9.59 Å². The Bertz CT molecular complexity index is 608. The first-order valence-corrected chi connectivity index (χ1v) is 7.73. The first-order valence-electron chi connectivity index (χ1n) is 7.73. The van der Waals surface area contributed by atoms with E-state index in [1.807, 2.05) is 19.1 Å². The highest BCUT2D eigenvalue weighted by atomic mass is 16.2. The van der Waals surface area contributed by atoms with Crippen LogP contribution in [0.5, 0.6) is 0 Å². The van der Waals surface area contributed by atoms with Gasteiger partial charge >= 0.3 is 0 Å². The molecule has 1 N–H and O–H groups in total. The molecular formula is C17H20N2O2. The van der Waals surface area contributed by atoms with Crippen molar-refractivity contribution < 1.29 is 9.59 Å². The molecule has 4 nitrogen and oxygen atoms in total. The quantitative estimate of drug-likeness (QED) is 0.847. The molecule has 0 aromatic rings. The Morgan fingerprint density at radius 3 is 3.00 bits per heavy atom. The Kier molecular flexibility index (Phi) is 3.86. The fourth-order valence-corrected chi connectivity index (χ4v) is 3.23. The molecule has 0 aromatic heterocycles. The lowest BCUT2D eigenvalue weighted by Crippen LogP contribution is -2.37. The van der Waals surface area contributed by atoms with Gasteiger partial charge in [0.25, 0.3) is 5.91 Å². The minimum absolute atomic E-state index is 0.0294. The summed E-state index contributed by atoms with van der Waals surface area (Å²) in [5, 5.41) is 2.97. The summed E-state index contributed by atoms with van der Waals surface area (Å²) in [7, 11) is 0. The Balaban J connectivity index is 1.88. The van der Waals surface area contributed by atoms with E-state index in [2.05, 4.69) is 16.4 Å². The highest BCUT2D eigenvalue weighted by Crippen LogP contribution is 2.38. The lowest BCUT2D eigenvalue weighted by atomic mass is 9.77. The Hall–Kier alpha value is -1.97. The number of fused-ring (bicyclic) bond motifs is 2. The van der Waals surface area contributed by atoms with E-state index in [0.717, 1.165) is 43.4 Å². The van der Waals surface area contributed by atoms with E-state index in [-0.39, 0.29) is 17.7 Å². The van der Waals surface area contributed by atoms with Crippen molar-refractivity contribution in [3.63, 3.8) is 0 Å². The Labute approximate surface area is 124 Å². The molecule has 0 bridgehead atoms. The Morgan fingerprint density at radius 2 is 2.19 bits per heavy atom. The van der Waals surface area contributed by atoms with Gasteiger partial charge in [-0.2, -0.15) is 0 Å². The number of nitrogens with one attached hydrogen (secondary N) is 1. The monoisotopic (exact) mass is 284 g/mol. The third-order valence-corrected chi connectivity index (χ3v) is 4.23. The molecule has 1 heterocycles. The largest absolute Gasteiger partial charge is 0.325 e. The number of aliphatic imine (C=N–C) groups is 1. The second-order valence-corrected chi connectivity index (χ2v) is 5.78. The molecule has 0 fully saturated rings. The molecule has 0 saturated carbocycles. The topological polar surface area (TPSA) is 58.5 Å². The maximum absolute atomic E-state index is 12.2. The van der Waals surface area contributed by atoms with E-state index in [1.165, 1.54) is 5.57 Å². The van der Waals surface area contributed by atoms with Crippen molar-refractivity contribution in [2.24, 2.45) is 10.9 Å². The minimum Gasteiger partial charge on any atom is -0.325 e. The molecule has 110 valence electrons. The zero-order valence-corrected chi connectivity index (χ0v) is 12.3. The second kappa shape index (κ2) is 5.80. The van der Waals surface area contributed by atoms with Crippen LogP contribution in [0.3, 0.4) is 0 Å². The number of hydrogen-bond acceptors (Lipinski definition) is 2. The van der Waals surface area contributed by atoms with Crippen LogP contribution in [0.2, 0.25) is 0 Å². The minimum atomic E-state index is -0.104. The van der Waals surface area contributed by atoms with E-state index in [0.29, 0.717) is 12.1 Å². The van der Waals surface area contributed by atoms with Gasteiger partial charge in [-0.15, -0.1) is 0 Å². The molecule has 0 saturated heterocycles. The van der Waals surface area contributed by atoms with E-state index in [9.17, 15) is 9.59 Å². The summed E-state index contributed by atoms with van der Waals surface area (Å²) in [5.74, 6) is 0.0899. The summed E-state index contributed by atoms with van der Waals surface area (Å²) in [4.78, 5) is 27.9. The maximum atomic E-state index is 12.2. The zero-order chi connectivity index (χ0) is 14.8. The van der Waals surface area contributed by atoms with Gasteiger partial charge in [-0.25, -0.2) is 4.99 Å². The smallest absolute Gasteiger partial charge is 0.251 e. The van der Waals surface area contributed by atoms with Gasteiger partial charge in [-0.1, -0.05) is 13.0 Å². The fourth-order valence-electron chi connectivity index (χ4n) is 3.23. The highest BCUT2D eigenvalue weighted by molar-refractivity contribution is 6.11. The number of allylic oxidation sites excluding steroid dienone is 3. The normalized spacial score (nSPS) is 26.1. The van der Waals surface area contributed by atoms with Crippen molar-refractivity contribution in [3.05, 3.63) is 35.1 Å². The van der Waals surface area contributed by atoms with E-state index >= 15 is 0 Å². The fraction of sp³-hybridized carbons (Fsp3) is 0.471. The standard InChI is InChI=1S/C17H20N2O2/c1-2-5-16(20)18-11-8-9-13-12-6-3-4-7-14(12)17(21)19-15(13)10-11/h8-10,13H,2-7H2,1H3,(H,19,21). The van der Waals surface area contributed by atoms with Crippen molar-refractivity contribution >= 4 is 17.5 Å². The van der Waals surface area contributed by atoms with Crippen LogP contribution < -0.4 is 5.32 Å². The van der Waals surface area contributed by atoms with Gasteiger partial charge in [0.1, 0.15) is 0 Å². The molecule has 4 heteroatoms. The summed E-state index contributed by atoms with van der Waals surface area (Å²) in [6.07, 6.45) is 11.2. The SMILES string of the molecule is CCCC(=O)N=C1C=CC2C(=C1)NC(=O)C1=C2CCCC1. The summed E-state index contributed by atoms with van der Waals surface area (Å²) in [5.41, 5.74) is 3.73. The van der Waals surface area contributed by atoms with Gasteiger partial charge in [-0.05, 0) is 49.8 Å². The summed E-state index contributed by atoms with van der Waals surface area (Å²) >= 11 is 0. The van der Waals surface area contributed by atoms with Gasteiger partial charge < -0.3 is 5.32 Å². The molecule has 3 aliphatic rings. The van der Waals surface area contributed by atoms with Crippen LogP contribution >= 0.6 is 0 Å². The van der Waals surface area contributed by atoms with Gasteiger partial charge in [-0.3, -0.25) is 9.59 Å². The third-order valence-electron chi connectivity index (χ3n) is 4.23. The van der Waals surface area contributed by atoms with Crippen molar-refractivity contribution in [3.8, 4) is 0 Å². The molecule has 2 amide bonds. The summed E-state index contributed by atoms with van der Waals surface area (Å²) < 4.78 is 0. The van der Waals surface area contributed by atoms with Crippen LogP contribution in [-0.4, -0.2) is 17.5 Å². The number of carbonyl (C=O) groups excluding carboxylic acids is 2. The van der Waals surface area contributed by atoms with Crippen molar-refractivity contribution in [1.82, 2.24) is 5.32 Å². The average Bonchev–Trinajstić information content (AvgIpc) is 2.47. The predicted octanol–water partition coefficient (Wildman–Crippen LogP) is 2.82. The number of nitrogens with zero attached hydrogens (tertiary/aromatic N) is 1. The third kappa shape index (κ3) is 2.75. The molecule has 3 rings (SSSR count). The van der Waals surface area contributed by atoms with Gasteiger partial charge in [0.15, 0.2) is 0 Å². The highest BCUT2D eigenvalue weighted by Gasteiger charge is 2.32. The van der Waals surface area contributed by atoms with E-state index < -0.39 is 0 Å². The van der Waals surface area contributed by atoms with Crippen LogP contribution in [0.1, 0.15) is 45.4 Å². The van der Waals surface area contributed by atoms with Crippen LogP contribution in [0.25, 0.3) is 0 Å². The van der Waals surface area contributed by atoms with Crippen LogP contribution in [0.4, 0.5) is 0 Å². The van der Waals surface area contributed by atoms with Crippen molar-refractivity contribution in [2.75, 3.05) is 0 Å². The van der Waals surface area contributed by atoms with Crippen LogP contribution in [0, 0.1) is 5.92 Å². The first kappa shape index (κ1) is 14.0.